The minimum atomic E-state index is -0.320. The van der Waals surface area contributed by atoms with Crippen LogP contribution in [0.3, 0.4) is 0 Å². The van der Waals surface area contributed by atoms with Crippen LogP contribution < -0.4 is 0 Å². The first-order chi connectivity index (χ1) is 24.3. The third-order valence-electron chi connectivity index (χ3n) is 8.64. The molecule has 0 N–H and O–H groups in total. The smallest absolute Gasteiger partial charge is 0.310 e. The molecule has 0 radical (unpaired) electrons. The van der Waals surface area contributed by atoms with E-state index in [1.54, 1.807) is 25.2 Å². The fourth-order valence-electron chi connectivity index (χ4n) is 6.20. The number of hydrogen-bond donors (Lipinski definition) is 0. The van der Waals surface area contributed by atoms with Gasteiger partial charge in [-0.1, -0.05) is 59.7 Å². The first-order valence-corrected chi connectivity index (χ1v) is 18.4. The zero-order chi connectivity index (χ0) is 34.8. The van der Waals surface area contributed by atoms with Crippen molar-refractivity contribution >= 4 is 77.7 Å². The Balaban J connectivity index is 1.62. The van der Waals surface area contributed by atoms with E-state index >= 15 is 0 Å². The first kappa shape index (κ1) is 33.3. The van der Waals surface area contributed by atoms with Crippen LogP contribution in [0.1, 0.15) is 58.9 Å². The molecule has 3 aromatic heterocycles. The molecule has 0 saturated carbocycles. The predicted octanol–water partition coefficient (Wildman–Crippen LogP) is 10.3. The summed E-state index contributed by atoms with van der Waals surface area (Å²) < 4.78 is 14.7. The molecule has 0 atom stereocenters. The number of carbonyl (C=O) groups is 2. The Morgan fingerprint density at radius 1 is 0.520 bits per heavy atom. The number of ether oxygens (including phenoxy) is 2. The lowest BCUT2D eigenvalue weighted by Crippen LogP contribution is -2.08. The van der Waals surface area contributed by atoms with Gasteiger partial charge in [0.25, 0.3) is 0 Å². The highest BCUT2D eigenvalue weighted by Gasteiger charge is 2.20. The van der Waals surface area contributed by atoms with E-state index in [0.717, 1.165) is 63.6 Å². The van der Waals surface area contributed by atoms with Gasteiger partial charge >= 0.3 is 11.9 Å². The van der Waals surface area contributed by atoms with Gasteiger partial charge < -0.3 is 9.47 Å². The number of aromatic nitrogens is 2. The third-order valence-corrected chi connectivity index (χ3v) is 11.0. The Kier molecular flexibility index (Phi) is 9.57. The fraction of sp³-hybridized carbons (Fsp3) is 0.190. The van der Waals surface area contributed by atoms with Gasteiger partial charge in [-0.25, -0.2) is 9.97 Å². The predicted molar refractivity (Wildman–Crippen MR) is 207 cm³/mol. The summed E-state index contributed by atoms with van der Waals surface area (Å²) in [6.07, 6.45) is 8.18. The maximum absolute atomic E-state index is 13.0. The molecule has 0 amide bonds. The maximum atomic E-state index is 13.0. The van der Waals surface area contributed by atoms with Crippen LogP contribution in [0, 0.1) is 13.8 Å². The second-order valence-electron chi connectivity index (χ2n) is 12.2. The van der Waals surface area contributed by atoms with Crippen molar-refractivity contribution in [3.63, 3.8) is 0 Å². The summed E-state index contributed by atoms with van der Waals surface area (Å²) in [5.41, 5.74) is 11.1. The molecule has 5 aromatic rings. The van der Waals surface area contributed by atoms with Crippen molar-refractivity contribution in [1.82, 2.24) is 9.97 Å². The van der Waals surface area contributed by atoms with Gasteiger partial charge in [-0.15, -0.1) is 22.7 Å². The van der Waals surface area contributed by atoms with Crippen LogP contribution in [0.25, 0.3) is 65.4 Å². The number of aryl methyl sites for hydroxylation is 2. The van der Waals surface area contributed by atoms with Crippen molar-refractivity contribution in [2.45, 2.75) is 40.5 Å². The van der Waals surface area contributed by atoms with Gasteiger partial charge in [0, 0.05) is 41.1 Å². The van der Waals surface area contributed by atoms with Crippen LogP contribution >= 0.6 is 22.7 Å². The van der Waals surface area contributed by atoms with Crippen molar-refractivity contribution in [3.05, 3.63) is 118 Å². The Labute approximate surface area is 299 Å². The Morgan fingerprint density at radius 3 is 1.28 bits per heavy atom. The highest BCUT2D eigenvalue weighted by molar-refractivity contribution is 7.24. The quantitative estimate of drug-likeness (QED) is 0.147. The van der Waals surface area contributed by atoms with Gasteiger partial charge in [0.1, 0.15) is 0 Å². The Hall–Kier alpha value is -5.18. The second-order valence-corrected chi connectivity index (χ2v) is 14.3. The van der Waals surface area contributed by atoms with Crippen LogP contribution in [0.5, 0.6) is 0 Å². The van der Waals surface area contributed by atoms with Crippen molar-refractivity contribution in [3.8, 4) is 22.3 Å². The van der Waals surface area contributed by atoms with Crippen molar-refractivity contribution in [1.29, 1.82) is 0 Å². The van der Waals surface area contributed by atoms with Crippen LogP contribution in [0.4, 0.5) is 0 Å². The summed E-state index contributed by atoms with van der Waals surface area (Å²) in [5, 5.41) is 0. The Morgan fingerprint density at radius 2 is 0.880 bits per heavy atom. The van der Waals surface area contributed by atoms with E-state index in [1.807, 2.05) is 36.4 Å². The van der Waals surface area contributed by atoms with Gasteiger partial charge in [0.05, 0.1) is 48.8 Å². The molecule has 5 heterocycles. The molecule has 7 rings (SSSR count). The molecule has 0 spiro atoms. The zero-order valence-electron chi connectivity index (χ0n) is 28.4. The largest absolute Gasteiger partial charge is 0.466 e. The number of carbonyl (C=O) groups excluding carboxylic acids is 2. The normalized spacial score (nSPS) is 11.9. The van der Waals surface area contributed by atoms with Crippen LogP contribution in [-0.2, 0) is 31.9 Å². The van der Waals surface area contributed by atoms with Crippen molar-refractivity contribution in [2.75, 3.05) is 13.2 Å². The summed E-state index contributed by atoms with van der Waals surface area (Å²) in [6.45, 7) is 8.36. The molecule has 2 aliphatic heterocycles. The zero-order valence-corrected chi connectivity index (χ0v) is 30.0. The number of fused-ring (bicyclic) bond motifs is 8. The number of nitrogens with zero attached hydrogens (tertiary/aromatic N) is 2. The van der Waals surface area contributed by atoms with Crippen LogP contribution in [-0.4, -0.2) is 35.1 Å². The number of esters is 2. The topological polar surface area (TPSA) is 78.4 Å². The lowest BCUT2D eigenvalue weighted by atomic mass is 10.0. The summed E-state index contributed by atoms with van der Waals surface area (Å²) in [4.78, 5) is 36.4. The molecule has 0 aliphatic carbocycles. The van der Waals surface area contributed by atoms with Gasteiger partial charge in [0.15, 0.2) is 0 Å². The molecule has 0 fully saturated rings. The molecule has 2 aromatic carbocycles. The van der Waals surface area contributed by atoms with E-state index in [0.29, 0.717) is 11.4 Å². The van der Waals surface area contributed by atoms with E-state index in [2.05, 4.69) is 74.5 Å². The summed E-state index contributed by atoms with van der Waals surface area (Å²) >= 11 is 3.21. The number of thiophene rings is 2. The molecule has 0 unspecified atom stereocenters. The minimum absolute atomic E-state index is 0.0636. The van der Waals surface area contributed by atoms with Crippen LogP contribution in [0.2, 0.25) is 0 Å². The SMILES string of the molecule is CCOC(=O)Cc1c2nc(c(-c3ccc(C)cc3)c3ccc(s3)c(-c3ccc(C)cc3)c3nc(c(CC(=O)OCC)c4ccc1s4)C=C3)C=C2. The Bertz CT molecular complexity index is 2190. The van der Waals surface area contributed by atoms with Gasteiger partial charge in [-0.3, -0.25) is 9.59 Å². The average molecular weight is 697 g/mol. The molecular weight excluding hydrogens is 661 g/mol. The van der Waals surface area contributed by atoms with Crippen molar-refractivity contribution < 1.29 is 19.1 Å². The molecule has 2 aliphatic rings. The number of hydrogen-bond acceptors (Lipinski definition) is 8. The average Bonchev–Trinajstić information content (AvgIpc) is 3.94. The summed E-state index contributed by atoms with van der Waals surface area (Å²) in [5.74, 6) is -0.640. The van der Waals surface area contributed by atoms with E-state index in [4.69, 9.17) is 19.4 Å². The first-order valence-electron chi connectivity index (χ1n) is 16.7. The molecule has 8 heteroatoms. The molecule has 6 nitrogen and oxygen atoms in total. The van der Waals surface area contributed by atoms with E-state index in [1.165, 1.54) is 22.5 Å². The minimum Gasteiger partial charge on any atom is -0.466 e. The molecule has 50 heavy (non-hydrogen) atoms. The number of benzene rings is 2. The molecule has 0 saturated heterocycles. The third kappa shape index (κ3) is 6.82. The summed E-state index contributed by atoms with van der Waals surface area (Å²) in [6, 6.07) is 25.4. The molecule has 8 bridgehead atoms. The van der Waals surface area contributed by atoms with Gasteiger partial charge in [0.2, 0.25) is 0 Å². The van der Waals surface area contributed by atoms with Gasteiger partial charge in [-0.05, 0) is 87.4 Å². The molecule has 250 valence electrons. The monoisotopic (exact) mass is 696 g/mol. The lowest BCUT2D eigenvalue weighted by molar-refractivity contribution is -0.143. The lowest BCUT2D eigenvalue weighted by Gasteiger charge is -2.06. The van der Waals surface area contributed by atoms with Gasteiger partial charge in [-0.2, -0.15) is 0 Å². The fourth-order valence-corrected chi connectivity index (χ4v) is 8.47. The standard InChI is InChI=1S/C42H36N2O4S2/c1-5-47-39(45)23-29-31-15-17-33(43-31)41(27-11-7-25(3)8-12-27)37-21-22-38(50-37)42(28-13-9-26(4)10-14-28)34-18-16-32(44-34)30(24-40(46)48-6-2)36-20-19-35(29)49-36/h7-22H,5-6,23-24H2,1-4H3. The highest BCUT2D eigenvalue weighted by Crippen LogP contribution is 2.40. The van der Waals surface area contributed by atoms with E-state index in [-0.39, 0.29) is 38.0 Å². The highest BCUT2D eigenvalue weighted by atomic mass is 32.1. The summed E-state index contributed by atoms with van der Waals surface area (Å²) in [7, 11) is 0. The maximum Gasteiger partial charge on any atom is 0.310 e. The van der Waals surface area contributed by atoms with Crippen LogP contribution in [0.15, 0.2) is 72.8 Å². The van der Waals surface area contributed by atoms with E-state index < -0.39 is 0 Å². The second kappa shape index (κ2) is 14.4. The van der Waals surface area contributed by atoms with Crippen molar-refractivity contribution in [2.24, 2.45) is 0 Å². The number of rotatable bonds is 8. The molecular formula is C42H36N2O4S2. The van der Waals surface area contributed by atoms with E-state index in [9.17, 15) is 9.59 Å².